The molecule has 7 heteroatoms. The molecule has 1 unspecified atom stereocenters. The highest BCUT2D eigenvalue weighted by molar-refractivity contribution is 7.14. The number of carbonyl (C=O) groups excluding carboxylic acids is 2. The lowest BCUT2D eigenvalue weighted by molar-refractivity contribution is -0.121. The Morgan fingerprint density at radius 2 is 2.04 bits per heavy atom. The molecule has 1 atom stereocenters. The van der Waals surface area contributed by atoms with Crippen LogP contribution in [0.1, 0.15) is 25.3 Å². The maximum absolute atomic E-state index is 12.6. The highest BCUT2D eigenvalue weighted by Crippen LogP contribution is 2.26. The molecule has 27 heavy (non-hydrogen) atoms. The van der Waals surface area contributed by atoms with E-state index in [-0.39, 0.29) is 17.9 Å². The van der Waals surface area contributed by atoms with Gasteiger partial charge in [-0.25, -0.2) is 9.78 Å². The van der Waals surface area contributed by atoms with Gasteiger partial charge in [-0.1, -0.05) is 31.2 Å². The van der Waals surface area contributed by atoms with Crippen LogP contribution in [0.2, 0.25) is 0 Å². The molecule has 0 bridgehead atoms. The molecule has 1 N–H and O–H groups in total. The van der Waals surface area contributed by atoms with Crippen molar-refractivity contribution in [2.45, 2.75) is 26.2 Å². The topological polar surface area (TPSA) is 65.5 Å². The third-order valence-electron chi connectivity index (χ3n) is 4.84. The standard InChI is InChI=1S/C20H26N4O2S/c1-4-14-7-9-15(10-8-14)17-13-27-19(21-17)22-18(25)16-6-5-11-24(12-16)20(26)23(2)3/h7-10,13,16H,4-6,11-12H2,1-3H3,(H,21,22,25). The monoisotopic (exact) mass is 386 g/mol. The van der Waals surface area contributed by atoms with Crippen LogP contribution in [0.3, 0.4) is 0 Å². The van der Waals surface area contributed by atoms with Crippen LogP contribution in [0.5, 0.6) is 0 Å². The molecule has 0 aliphatic carbocycles. The molecule has 144 valence electrons. The van der Waals surface area contributed by atoms with Gasteiger partial charge in [0.05, 0.1) is 11.6 Å². The molecule has 1 aliphatic heterocycles. The zero-order chi connectivity index (χ0) is 19.4. The van der Waals surface area contributed by atoms with Crippen LogP contribution in [0, 0.1) is 5.92 Å². The van der Waals surface area contributed by atoms with Crippen LogP contribution < -0.4 is 5.32 Å². The van der Waals surface area contributed by atoms with E-state index in [4.69, 9.17) is 0 Å². The average molecular weight is 387 g/mol. The summed E-state index contributed by atoms with van der Waals surface area (Å²) in [5.41, 5.74) is 3.20. The normalized spacial score (nSPS) is 16.9. The minimum Gasteiger partial charge on any atom is -0.331 e. The Bertz CT molecular complexity index is 801. The van der Waals surface area contributed by atoms with E-state index >= 15 is 0 Å². The smallest absolute Gasteiger partial charge is 0.319 e. The van der Waals surface area contributed by atoms with Gasteiger partial charge >= 0.3 is 6.03 Å². The number of hydrogen-bond acceptors (Lipinski definition) is 4. The number of likely N-dealkylation sites (tertiary alicyclic amines) is 1. The van der Waals surface area contributed by atoms with Gasteiger partial charge in [-0.05, 0) is 24.8 Å². The Balaban J connectivity index is 1.62. The molecule has 1 aromatic heterocycles. The summed E-state index contributed by atoms with van der Waals surface area (Å²) in [5.74, 6) is -0.257. The number of nitrogens with zero attached hydrogens (tertiary/aromatic N) is 3. The van der Waals surface area contributed by atoms with Crippen molar-refractivity contribution >= 4 is 28.4 Å². The molecule has 2 heterocycles. The van der Waals surface area contributed by atoms with E-state index in [1.165, 1.54) is 16.9 Å². The van der Waals surface area contributed by atoms with Gasteiger partial charge < -0.3 is 15.1 Å². The predicted molar refractivity (Wildman–Crippen MR) is 109 cm³/mol. The second-order valence-electron chi connectivity index (χ2n) is 7.04. The molecule has 0 spiro atoms. The highest BCUT2D eigenvalue weighted by Gasteiger charge is 2.29. The second kappa shape index (κ2) is 8.52. The Morgan fingerprint density at radius 1 is 1.30 bits per heavy atom. The fourth-order valence-electron chi connectivity index (χ4n) is 3.23. The highest BCUT2D eigenvalue weighted by atomic mass is 32.1. The van der Waals surface area contributed by atoms with Crippen molar-refractivity contribution in [1.29, 1.82) is 0 Å². The summed E-state index contributed by atoms with van der Waals surface area (Å²) in [6, 6.07) is 8.28. The average Bonchev–Trinajstić information content (AvgIpc) is 3.16. The molecular formula is C20H26N4O2S. The van der Waals surface area contributed by atoms with Gasteiger partial charge in [0.1, 0.15) is 0 Å². The molecule has 6 nitrogen and oxygen atoms in total. The number of anilines is 1. The lowest BCUT2D eigenvalue weighted by atomic mass is 9.97. The third kappa shape index (κ3) is 4.66. The first-order chi connectivity index (χ1) is 13.0. The van der Waals surface area contributed by atoms with Gasteiger partial charge in [0.15, 0.2) is 5.13 Å². The van der Waals surface area contributed by atoms with Crippen molar-refractivity contribution in [3.05, 3.63) is 35.2 Å². The van der Waals surface area contributed by atoms with Crippen LogP contribution in [-0.4, -0.2) is 53.9 Å². The number of aryl methyl sites for hydroxylation is 1. The number of piperidine rings is 1. The van der Waals surface area contributed by atoms with E-state index in [2.05, 4.69) is 41.5 Å². The lowest BCUT2D eigenvalue weighted by Gasteiger charge is -2.33. The quantitative estimate of drug-likeness (QED) is 0.871. The molecule has 1 fully saturated rings. The van der Waals surface area contributed by atoms with Gasteiger partial charge in [0, 0.05) is 38.1 Å². The van der Waals surface area contributed by atoms with Crippen molar-refractivity contribution < 1.29 is 9.59 Å². The Kier molecular flexibility index (Phi) is 6.11. The van der Waals surface area contributed by atoms with Gasteiger partial charge in [0.25, 0.3) is 0 Å². The zero-order valence-electron chi connectivity index (χ0n) is 16.1. The number of aromatic nitrogens is 1. The van der Waals surface area contributed by atoms with Crippen LogP contribution in [-0.2, 0) is 11.2 Å². The van der Waals surface area contributed by atoms with Crippen molar-refractivity contribution in [3.63, 3.8) is 0 Å². The van der Waals surface area contributed by atoms with Crippen LogP contribution in [0.15, 0.2) is 29.6 Å². The van der Waals surface area contributed by atoms with Crippen molar-refractivity contribution in [3.8, 4) is 11.3 Å². The van der Waals surface area contributed by atoms with Crippen molar-refractivity contribution in [2.24, 2.45) is 5.92 Å². The summed E-state index contributed by atoms with van der Waals surface area (Å²) in [7, 11) is 3.46. The summed E-state index contributed by atoms with van der Waals surface area (Å²) in [5, 5.41) is 5.49. The molecule has 1 saturated heterocycles. The third-order valence-corrected chi connectivity index (χ3v) is 5.60. The second-order valence-corrected chi connectivity index (χ2v) is 7.90. The van der Waals surface area contributed by atoms with Gasteiger partial charge in [-0.3, -0.25) is 4.79 Å². The van der Waals surface area contributed by atoms with E-state index in [1.807, 2.05) is 5.38 Å². The van der Waals surface area contributed by atoms with Crippen LogP contribution in [0.4, 0.5) is 9.93 Å². The molecule has 2 aromatic rings. The van der Waals surface area contributed by atoms with E-state index in [9.17, 15) is 9.59 Å². The maximum atomic E-state index is 12.6. The van der Waals surface area contributed by atoms with Gasteiger partial charge in [-0.2, -0.15) is 0 Å². The van der Waals surface area contributed by atoms with E-state index in [1.54, 1.807) is 23.9 Å². The number of benzene rings is 1. The zero-order valence-corrected chi connectivity index (χ0v) is 16.9. The first kappa shape index (κ1) is 19.4. The number of hydrogen-bond donors (Lipinski definition) is 1. The molecule has 1 aliphatic rings. The number of rotatable bonds is 4. The van der Waals surface area contributed by atoms with Crippen molar-refractivity contribution in [2.75, 3.05) is 32.5 Å². The summed E-state index contributed by atoms with van der Waals surface area (Å²) in [4.78, 5) is 32.6. The molecule has 1 aromatic carbocycles. The number of carbonyl (C=O) groups is 2. The van der Waals surface area contributed by atoms with E-state index < -0.39 is 0 Å². The Labute approximate surface area is 164 Å². The number of thiazole rings is 1. The first-order valence-corrected chi connectivity index (χ1v) is 10.2. The summed E-state index contributed by atoms with van der Waals surface area (Å²) >= 11 is 1.43. The molecule has 3 rings (SSSR count). The minimum absolute atomic E-state index is 0.0421. The van der Waals surface area contributed by atoms with E-state index in [0.29, 0.717) is 18.2 Å². The fraction of sp³-hybridized carbons (Fsp3) is 0.450. The minimum atomic E-state index is -0.196. The Morgan fingerprint density at radius 3 is 2.70 bits per heavy atom. The molecule has 3 amide bonds. The summed E-state index contributed by atoms with van der Waals surface area (Å²) in [6.07, 6.45) is 2.64. The lowest BCUT2D eigenvalue weighted by Crippen LogP contribution is -2.47. The fourth-order valence-corrected chi connectivity index (χ4v) is 3.95. The summed E-state index contributed by atoms with van der Waals surface area (Å²) in [6.45, 7) is 3.29. The summed E-state index contributed by atoms with van der Waals surface area (Å²) < 4.78 is 0. The first-order valence-electron chi connectivity index (χ1n) is 9.30. The maximum Gasteiger partial charge on any atom is 0.319 e. The Hall–Kier alpha value is -2.41. The van der Waals surface area contributed by atoms with E-state index in [0.717, 1.165) is 30.5 Å². The molecule has 0 radical (unpaired) electrons. The van der Waals surface area contributed by atoms with Crippen LogP contribution >= 0.6 is 11.3 Å². The largest absolute Gasteiger partial charge is 0.331 e. The van der Waals surface area contributed by atoms with Gasteiger partial charge in [0.2, 0.25) is 5.91 Å². The molecule has 0 saturated carbocycles. The number of urea groups is 1. The predicted octanol–water partition coefficient (Wildman–Crippen LogP) is 3.70. The SMILES string of the molecule is CCc1ccc(-c2csc(NC(=O)C3CCCN(C(=O)N(C)C)C3)n2)cc1. The number of nitrogens with one attached hydrogen (secondary N) is 1. The van der Waals surface area contributed by atoms with Gasteiger partial charge in [-0.15, -0.1) is 11.3 Å². The van der Waals surface area contributed by atoms with Crippen LogP contribution in [0.25, 0.3) is 11.3 Å². The van der Waals surface area contributed by atoms with Crippen molar-refractivity contribution in [1.82, 2.24) is 14.8 Å². The molecular weight excluding hydrogens is 360 g/mol. The number of amides is 3.